The van der Waals surface area contributed by atoms with Crippen LogP contribution in [0.1, 0.15) is 28.3 Å². The highest BCUT2D eigenvalue weighted by molar-refractivity contribution is 7.99. The quantitative estimate of drug-likeness (QED) is 0.421. The Balaban J connectivity index is 1.64. The molecule has 0 fully saturated rings. The van der Waals surface area contributed by atoms with Crippen molar-refractivity contribution in [3.8, 4) is 29.4 Å². The van der Waals surface area contributed by atoms with E-state index in [1.807, 2.05) is 67.6 Å². The highest BCUT2D eigenvalue weighted by Crippen LogP contribution is 2.31. The van der Waals surface area contributed by atoms with Crippen LogP contribution >= 0.6 is 11.8 Å². The molecule has 3 aromatic heterocycles. The smallest absolute Gasteiger partial charge is 0.341 e. The molecule has 35 heavy (non-hydrogen) atoms. The van der Waals surface area contributed by atoms with E-state index in [9.17, 15) is 4.79 Å². The molecule has 0 spiro atoms. The van der Waals surface area contributed by atoms with Crippen LogP contribution in [0.15, 0.2) is 88.9 Å². The Bertz CT molecular complexity index is 1390. The first kappa shape index (κ1) is 23.6. The number of aliphatic carboxylic acids is 1. The lowest BCUT2D eigenvalue weighted by molar-refractivity contribution is -0.139. The largest absolute Gasteiger partial charge is 0.482 e. The summed E-state index contributed by atoms with van der Waals surface area (Å²) in [7, 11) is 0. The fourth-order valence-corrected chi connectivity index (χ4v) is 3.93. The van der Waals surface area contributed by atoms with Gasteiger partial charge in [0.25, 0.3) is 0 Å². The van der Waals surface area contributed by atoms with E-state index in [1.165, 1.54) is 11.8 Å². The van der Waals surface area contributed by atoms with Crippen LogP contribution in [0.2, 0.25) is 0 Å². The van der Waals surface area contributed by atoms with Crippen LogP contribution in [0.3, 0.4) is 0 Å². The van der Waals surface area contributed by atoms with Gasteiger partial charge in [-0.25, -0.2) is 19.7 Å². The minimum absolute atomic E-state index is 0.381. The van der Waals surface area contributed by atoms with Crippen molar-refractivity contribution in [3.05, 3.63) is 107 Å². The number of aryl methyl sites for hydroxylation is 1. The minimum atomic E-state index is -1.02. The topological polar surface area (TPSA) is 85.2 Å². The monoisotopic (exact) mass is 477 g/mol. The normalized spacial score (nSPS) is 9.86. The van der Waals surface area contributed by atoms with Gasteiger partial charge in [-0.3, -0.25) is 0 Å². The summed E-state index contributed by atoms with van der Waals surface area (Å²) in [5.41, 5.74) is 3.30. The summed E-state index contributed by atoms with van der Waals surface area (Å²) in [6.07, 6.45) is 3.39. The second-order valence-corrected chi connectivity index (χ2v) is 8.36. The Morgan fingerprint density at radius 1 is 0.829 bits per heavy atom. The first-order valence-corrected chi connectivity index (χ1v) is 11.4. The summed E-state index contributed by atoms with van der Waals surface area (Å²) in [5, 5.41) is 8.84. The lowest BCUT2D eigenvalue weighted by Gasteiger charge is -2.09. The molecule has 1 N–H and O–H groups in total. The molecule has 0 amide bonds. The van der Waals surface area contributed by atoms with E-state index in [0.717, 1.165) is 15.4 Å². The molecule has 4 rings (SSSR count). The third-order valence-electron chi connectivity index (χ3n) is 4.50. The molecule has 0 radical (unpaired) electrons. The fourth-order valence-electron chi connectivity index (χ4n) is 2.94. The Kier molecular flexibility index (Phi) is 7.75. The van der Waals surface area contributed by atoms with Crippen molar-refractivity contribution in [1.29, 1.82) is 0 Å². The van der Waals surface area contributed by atoms with Crippen molar-refractivity contribution in [1.82, 2.24) is 15.0 Å². The Morgan fingerprint density at radius 3 is 1.94 bits per heavy atom. The molecule has 0 saturated heterocycles. The number of carboxylic acid groups (broad SMARTS) is 1. The Hall–Kier alpha value is -4.59. The molecule has 4 aromatic rings. The second kappa shape index (κ2) is 11.5. The molecule has 0 aliphatic heterocycles. The van der Waals surface area contributed by atoms with Gasteiger partial charge in [0.15, 0.2) is 6.61 Å². The van der Waals surface area contributed by atoms with E-state index in [-0.39, 0.29) is 6.61 Å². The van der Waals surface area contributed by atoms with Crippen molar-refractivity contribution >= 4 is 17.7 Å². The van der Waals surface area contributed by atoms with Gasteiger partial charge in [0.2, 0.25) is 0 Å². The van der Waals surface area contributed by atoms with Crippen molar-refractivity contribution in [2.75, 3.05) is 6.61 Å². The highest BCUT2D eigenvalue weighted by Gasteiger charge is 2.07. The number of hydrogen-bond donors (Lipinski definition) is 1. The second-order valence-electron chi connectivity index (χ2n) is 7.22. The number of carboxylic acids is 1. The molecule has 170 valence electrons. The number of pyridine rings is 3. The van der Waals surface area contributed by atoms with Crippen LogP contribution in [0.25, 0.3) is 0 Å². The highest BCUT2D eigenvalue weighted by atomic mass is 32.2. The van der Waals surface area contributed by atoms with Gasteiger partial charge in [-0.1, -0.05) is 23.9 Å². The number of carbonyl (C=O) groups is 1. The number of benzene rings is 1. The first-order chi connectivity index (χ1) is 17.0. The van der Waals surface area contributed by atoms with Gasteiger partial charge in [-0.2, -0.15) is 0 Å². The molecule has 0 bridgehead atoms. The van der Waals surface area contributed by atoms with Gasteiger partial charge in [-0.05, 0) is 90.8 Å². The minimum Gasteiger partial charge on any atom is -0.482 e. The third-order valence-corrected chi connectivity index (χ3v) is 5.46. The van der Waals surface area contributed by atoms with Crippen LogP contribution < -0.4 is 4.74 Å². The van der Waals surface area contributed by atoms with Gasteiger partial charge in [0.1, 0.15) is 28.5 Å². The average Bonchev–Trinajstić information content (AvgIpc) is 2.87. The summed E-state index contributed by atoms with van der Waals surface area (Å²) in [6, 6.07) is 20.5. The zero-order valence-corrected chi connectivity index (χ0v) is 19.5. The zero-order chi connectivity index (χ0) is 24.5. The van der Waals surface area contributed by atoms with Gasteiger partial charge >= 0.3 is 5.97 Å². The maximum Gasteiger partial charge on any atom is 0.341 e. The summed E-state index contributed by atoms with van der Waals surface area (Å²) in [5.74, 6) is 11.7. The van der Waals surface area contributed by atoms with Crippen LogP contribution in [0.4, 0.5) is 0 Å². The zero-order valence-electron chi connectivity index (χ0n) is 18.7. The molecular weight excluding hydrogens is 458 g/mol. The van der Waals surface area contributed by atoms with Gasteiger partial charge in [-0.15, -0.1) is 0 Å². The fraction of sp³-hybridized carbons (Fsp3) is 0.0714. The SMILES string of the molecule is Cc1cc(Sc2cc(C#Cc3ccccn3)nc(C#Cc3ccccn3)c2)ccc1OCC(=O)O. The van der Waals surface area contributed by atoms with Crippen molar-refractivity contribution < 1.29 is 14.6 Å². The summed E-state index contributed by atoms with van der Waals surface area (Å²) in [4.78, 5) is 25.7. The maximum absolute atomic E-state index is 10.8. The molecule has 7 heteroatoms. The van der Waals surface area contributed by atoms with Crippen molar-refractivity contribution in [2.45, 2.75) is 16.7 Å². The molecular formula is C28H19N3O3S. The standard InChI is InChI=1S/C28H19N3O3S/c1-20-16-25(12-13-27(20)34-19-28(32)33)35-26-17-23(10-8-21-6-2-4-14-29-21)31-24(18-26)11-9-22-7-3-5-15-30-22/h2-7,12-18H,19H2,1H3,(H,32,33). The van der Waals surface area contributed by atoms with Gasteiger partial charge < -0.3 is 9.84 Å². The van der Waals surface area contributed by atoms with Gasteiger partial charge in [0.05, 0.1) is 0 Å². The molecule has 1 aromatic carbocycles. The van der Waals surface area contributed by atoms with Crippen LogP contribution in [-0.4, -0.2) is 32.6 Å². The molecule has 6 nitrogen and oxygen atoms in total. The molecule has 0 unspecified atom stereocenters. The number of aromatic nitrogens is 3. The summed E-state index contributed by atoms with van der Waals surface area (Å²) < 4.78 is 5.32. The number of nitrogens with zero attached hydrogens (tertiary/aromatic N) is 3. The number of hydrogen-bond acceptors (Lipinski definition) is 6. The van der Waals surface area contributed by atoms with Crippen LogP contribution in [0.5, 0.6) is 5.75 Å². The van der Waals surface area contributed by atoms with Crippen LogP contribution in [0, 0.1) is 30.6 Å². The Labute approximate surface area is 207 Å². The Morgan fingerprint density at radius 2 is 1.43 bits per heavy atom. The van der Waals surface area contributed by atoms with E-state index in [1.54, 1.807) is 18.5 Å². The lowest BCUT2D eigenvalue weighted by atomic mass is 10.2. The summed E-state index contributed by atoms with van der Waals surface area (Å²) in [6.45, 7) is 1.50. The van der Waals surface area contributed by atoms with Gasteiger partial charge in [0, 0.05) is 22.2 Å². The van der Waals surface area contributed by atoms with Crippen molar-refractivity contribution in [3.63, 3.8) is 0 Å². The number of rotatable bonds is 5. The predicted octanol–water partition coefficient (Wildman–Crippen LogP) is 4.59. The number of ether oxygens (including phenoxy) is 1. The van der Waals surface area contributed by atoms with E-state index in [2.05, 4.69) is 38.6 Å². The predicted molar refractivity (Wildman–Crippen MR) is 133 cm³/mol. The molecule has 0 aliphatic carbocycles. The molecule has 0 atom stereocenters. The first-order valence-electron chi connectivity index (χ1n) is 10.6. The molecule has 0 saturated carbocycles. The van der Waals surface area contributed by atoms with E-state index < -0.39 is 5.97 Å². The van der Waals surface area contributed by atoms with Crippen LogP contribution in [-0.2, 0) is 4.79 Å². The lowest BCUT2D eigenvalue weighted by Crippen LogP contribution is -2.09. The van der Waals surface area contributed by atoms with E-state index in [4.69, 9.17) is 9.84 Å². The van der Waals surface area contributed by atoms with Crippen molar-refractivity contribution in [2.24, 2.45) is 0 Å². The van der Waals surface area contributed by atoms with E-state index >= 15 is 0 Å². The third kappa shape index (κ3) is 7.20. The molecule has 0 aliphatic rings. The van der Waals surface area contributed by atoms with E-state index in [0.29, 0.717) is 28.5 Å². The summed E-state index contributed by atoms with van der Waals surface area (Å²) >= 11 is 1.53. The molecule has 3 heterocycles. The maximum atomic E-state index is 10.8. The average molecular weight is 478 g/mol.